The van der Waals surface area contributed by atoms with Gasteiger partial charge in [-0.15, -0.1) is 0 Å². The molecular weight excluding hydrogens is 404 g/mol. The molecule has 2 heterocycles. The van der Waals surface area contributed by atoms with Crippen LogP contribution in [0.5, 0.6) is 5.75 Å². The summed E-state index contributed by atoms with van der Waals surface area (Å²) in [6.45, 7) is 2.41. The molecule has 1 aliphatic rings. The Kier molecular flexibility index (Phi) is 7.14. The maximum atomic E-state index is 11.2. The van der Waals surface area contributed by atoms with E-state index in [4.69, 9.17) is 9.47 Å². The molecule has 1 aliphatic heterocycles. The number of carboxylic acid groups (broad SMARTS) is 1. The molecule has 1 unspecified atom stereocenters. The molecule has 1 atom stereocenters. The van der Waals surface area contributed by atoms with Gasteiger partial charge in [-0.1, -0.05) is 42.5 Å². The molecule has 0 aliphatic carbocycles. The average molecular weight is 433 g/mol. The third-order valence-electron chi connectivity index (χ3n) is 5.83. The van der Waals surface area contributed by atoms with Gasteiger partial charge in [0, 0.05) is 25.8 Å². The monoisotopic (exact) mass is 432 g/mol. The molecule has 1 aromatic heterocycles. The number of ether oxygens (including phenoxy) is 2. The molecule has 0 amide bonds. The van der Waals surface area contributed by atoms with Crippen LogP contribution in [0.25, 0.3) is 0 Å². The van der Waals surface area contributed by atoms with E-state index >= 15 is 0 Å². The van der Waals surface area contributed by atoms with Crippen LogP contribution in [0.3, 0.4) is 0 Å². The Morgan fingerprint density at radius 1 is 1.06 bits per heavy atom. The highest BCUT2D eigenvalue weighted by molar-refractivity contribution is 5.87. The number of aromatic carboxylic acids is 1. The van der Waals surface area contributed by atoms with Gasteiger partial charge < -0.3 is 14.6 Å². The van der Waals surface area contributed by atoms with E-state index in [2.05, 4.69) is 34.1 Å². The SMILES string of the molecule is COc1ccc(C(OC2CCN(Cc3cc(C(=O)O)ccn3)CC2)c2ccccc2)cc1. The number of benzene rings is 2. The Balaban J connectivity index is 1.40. The topological polar surface area (TPSA) is 71.9 Å². The molecule has 3 aromatic rings. The van der Waals surface area contributed by atoms with Gasteiger partial charge in [-0.05, 0) is 48.2 Å². The number of carbonyl (C=O) groups is 1. The Morgan fingerprint density at radius 3 is 2.41 bits per heavy atom. The van der Waals surface area contributed by atoms with Gasteiger partial charge >= 0.3 is 5.97 Å². The van der Waals surface area contributed by atoms with Gasteiger partial charge in [-0.3, -0.25) is 9.88 Å². The number of methoxy groups -OCH3 is 1. The fourth-order valence-electron chi connectivity index (χ4n) is 4.08. The van der Waals surface area contributed by atoms with E-state index in [0.717, 1.165) is 48.5 Å². The maximum Gasteiger partial charge on any atom is 0.335 e. The highest BCUT2D eigenvalue weighted by Crippen LogP contribution is 2.31. The lowest BCUT2D eigenvalue weighted by Crippen LogP contribution is -2.37. The van der Waals surface area contributed by atoms with E-state index in [1.807, 2.05) is 30.3 Å². The number of pyridine rings is 1. The molecule has 6 nitrogen and oxygen atoms in total. The number of piperidine rings is 1. The lowest BCUT2D eigenvalue weighted by molar-refractivity contribution is -0.0283. The van der Waals surface area contributed by atoms with Crippen LogP contribution in [0.1, 0.15) is 46.1 Å². The minimum Gasteiger partial charge on any atom is -0.497 e. The molecule has 4 rings (SSSR count). The second-order valence-electron chi connectivity index (χ2n) is 8.02. The van der Waals surface area contributed by atoms with Crippen LogP contribution < -0.4 is 4.74 Å². The normalized spacial score (nSPS) is 15.9. The third kappa shape index (κ3) is 5.52. The van der Waals surface area contributed by atoms with Gasteiger partial charge in [0.2, 0.25) is 0 Å². The van der Waals surface area contributed by atoms with Crippen LogP contribution in [0.2, 0.25) is 0 Å². The number of hydrogen-bond donors (Lipinski definition) is 1. The summed E-state index contributed by atoms with van der Waals surface area (Å²) in [4.78, 5) is 17.8. The van der Waals surface area contributed by atoms with Crippen molar-refractivity contribution in [1.82, 2.24) is 9.88 Å². The van der Waals surface area contributed by atoms with E-state index < -0.39 is 5.97 Å². The van der Waals surface area contributed by atoms with Gasteiger partial charge in [-0.2, -0.15) is 0 Å². The van der Waals surface area contributed by atoms with Crippen molar-refractivity contribution in [2.75, 3.05) is 20.2 Å². The van der Waals surface area contributed by atoms with Crippen molar-refractivity contribution in [2.24, 2.45) is 0 Å². The Bertz CT molecular complexity index is 1020. The fourth-order valence-corrected chi connectivity index (χ4v) is 4.08. The highest BCUT2D eigenvalue weighted by Gasteiger charge is 2.25. The first kappa shape index (κ1) is 22.0. The number of carboxylic acids is 1. The standard InChI is InChI=1S/C26H28N2O4/c1-31-23-9-7-20(8-10-23)25(19-5-3-2-4-6-19)32-24-12-15-28(16-13-24)18-22-17-21(26(29)30)11-14-27-22/h2-11,14,17,24-25H,12-13,15-16,18H2,1H3,(H,29,30). The number of hydrogen-bond acceptors (Lipinski definition) is 5. The predicted molar refractivity (Wildman–Crippen MR) is 122 cm³/mol. The van der Waals surface area contributed by atoms with Crippen molar-refractivity contribution in [3.05, 3.63) is 95.3 Å². The fraction of sp³-hybridized carbons (Fsp3) is 0.308. The molecule has 1 fully saturated rings. The number of nitrogens with zero attached hydrogens (tertiary/aromatic N) is 2. The van der Waals surface area contributed by atoms with E-state index in [1.165, 1.54) is 6.07 Å². The second-order valence-corrected chi connectivity index (χ2v) is 8.02. The van der Waals surface area contributed by atoms with Crippen molar-refractivity contribution < 1.29 is 19.4 Å². The van der Waals surface area contributed by atoms with Crippen LogP contribution in [0, 0.1) is 0 Å². The first-order valence-corrected chi connectivity index (χ1v) is 10.9. The molecule has 1 saturated heterocycles. The van der Waals surface area contributed by atoms with Crippen LogP contribution in [-0.2, 0) is 11.3 Å². The van der Waals surface area contributed by atoms with Gasteiger partial charge in [0.1, 0.15) is 11.9 Å². The second kappa shape index (κ2) is 10.4. The molecule has 0 radical (unpaired) electrons. The maximum absolute atomic E-state index is 11.2. The zero-order valence-corrected chi connectivity index (χ0v) is 18.2. The summed E-state index contributed by atoms with van der Waals surface area (Å²) in [5.74, 6) is -0.0966. The van der Waals surface area contributed by atoms with Crippen molar-refractivity contribution in [2.45, 2.75) is 31.6 Å². The zero-order chi connectivity index (χ0) is 22.3. The van der Waals surface area contributed by atoms with Crippen LogP contribution in [0.4, 0.5) is 0 Å². The summed E-state index contributed by atoms with van der Waals surface area (Å²) >= 11 is 0. The van der Waals surface area contributed by atoms with Gasteiger partial charge in [0.05, 0.1) is 24.5 Å². The van der Waals surface area contributed by atoms with Gasteiger partial charge in [0.15, 0.2) is 0 Å². The molecule has 0 saturated carbocycles. The molecule has 2 aromatic carbocycles. The Hall–Kier alpha value is -3.22. The molecule has 0 spiro atoms. The lowest BCUT2D eigenvalue weighted by atomic mass is 10.00. The summed E-state index contributed by atoms with van der Waals surface area (Å²) < 4.78 is 11.9. The smallest absolute Gasteiger partial charge is 0.335 e. The first-order chi connectivity index (χ1) is 15.6. The van der Waals surface area contributed by atoms with Crippen molar-refractivity contribution in [1.29, 1.82) is 0 Å². The van der Waals surface area contributed by atoms with Crippen LogP contribution >= 0.6 is 0 Å². The summed E-state index contributed by atoms with van der Waals surface area (Å²) in [5.41, 5.74) is 3.30. The number of aromatic nitrogens is 1. The largest absolute Gasteiger partial charge is 0.497 e. The van der Waals surface area contributed by atoms with Gasteiger partial charge in [-0.25, -0.2) is 4.79 Å². The summed E-state index contributed by atoms with van der Waals surface area (Å²) in [5, 5.41) is 9.19. The number of rotatable bonds is 8. The van der Waals surface area contributed by atoms with Crippen molar-refractivity contribution in [3.8, 4) is 5.75 Å². The van der Waals surface area contributed by atoms with E-state index in [1.54, 1.807) is 19.4 Å². The molecule has 1 N–H and O–H groups in total. The lowest BCUT2D eigenvalue weighted by Gasteiger charge is -2.34. The minimum absolute atomic E-state index is 0.132. The quantitative estimate of drug-likeness (QED) is 0.563. The Morgan fingerprint density at radius 2 is 1.75 bits per heavy atom. The van der Waals surface area contributed by atoms with Crippen LogP contribution in [-0.4, -0.2) is 47.3 Å². The zero-order valence-electron chi connectivity index (χ0n) is 18.2. The minimum atomic E-state index is -0.925. The average Bonchev–Trinajstić information content (AvgIpc) is 2.84. The Labute approximate surface area is 188 Å². The summed E-state index contributed by atoms with van der Waals surface area (Å²) in [6.07, 6.45) is 3.41. The first-order valence-electron chi connectivity index (χ1n) is 10.9. The number of likely N-dealkylation sites (tertiary alicyclic amines) is 1. The molecular formula is C26H28N2O4. The summed E-state index contributed by atoms with van der Waals surface area (Å²) in [7, 11) is 1.67. The summed E-state index contributed by atoms with van der Waals surface area (Å²) in [6, 6.07) is 21.5. The van der Waals surface area contributed by atoms with Gasteiger partial charge in [0.25, 0.3) is 0 Å². The van der Waals surface area contributed by atoms with Crippen molar-refractivity contribution in [3.63, 3.8) is 0 Å². The molecule has 6 heteroatoms. The highest BCUT2D eigenvalue weighted by atomic mass is 16.5. The molecule has 0 bridgehead atoms. The van der Waals surface area contributed by atoms with Crippen molar-refractivity contribution >= 4 is 5.97 Å². The molecule has 32 heavy (non-hydrogen) atoms. The van der Waals surface area contributed by atoms with E-state index in [-0.39, 0.29) is 17.8 Å². The third-order valence-corrected chi connectivity index (χ3v) is 5.83. The predicted octanol–water partition coefficient (Wildman–Crippen LogP) is 4.56. The van der Waals surface area contributed by atoms with Crippen LogP contribution in [0.15, 0.2) is 72.9 Å². The van der Waals surface area contributed by atoms with E-state index in [9.17, 15) is 9.90 Å². The van der Waals surface area contributed by atoms with E-state index in [0.29, 0.717) is 6.54 Å². The molecule has 166 valence electrons.